The number of esters is 1. The lowest BCUT2D eigenvalue weighted by Gasteiger charge is -2.40. The Bertz CT molecular complexity index is 300. The van der Waals surface area contributed by atoms with Gasteiger partial charge in [0, 0.05) is 18.8 Å². The lowest BCUT2D eigenvalue weighted by Crippen LogP contribution is -2.47. The van der Waals surface area contributed by atoms with Crippen LogP contribution >= 0.6 is 0 Å². The summed E-state index contributed by atoms with van der Waals surface area (Å²) in [5.41, 5.74) is -0.232. The molecule has 0 N–H and O–H groups in total. The highest BCUT2D eigenvalue weighted by molar-refractivity contribution is 5.69. The minimum atomic E-state index is -0.839. The monoisotopic (exact) mass is 284 g/mol. The van der Waals surface area contributed by atoms with Gasteiger partial charge in [-0.25, -0.2) is 0 Å². The van der Waals surface area contributed by atoms with Crippen molar-refractivity contribution in [3.8, 4) is 0 Å². The van der Waals surface area contributed by atoms with E-state index in [9.17, 15) is 4.79 Å². The van der Waals surface area contributed by atoms with E-state index >= 15 is 0 Å². The summed E-state index contributed by atoms with van der Waals surface area (Å²) in [7, 11) is 0. The predicted octanol–water partition coefficient (Wildman–Crippen LogP) is 4.69. The largest absolute Gasteiger partial charge is 0.433 e. The van der Waals surface area contributed by atoms with E-state index in [1.807, 2.05) is 13.8 Å². The molecule has 1 unspecified atom stereocenters. The summed E-state index contributed by atoms with van der Waals surface area (Å²) in [6.07, 6.45) is 8.20. The van der Waals surface area contributed by atoms with Crippen LogP contribution in [0.15, 0.2) is 0 Å². The van der Waals surface area contributed by atoms with Gasteiger partial charge in [-0.1, -0.05) is 59.8 Å². The first-order chi connectivity index (χ1) is 9.28. The van der Waals surface area contributed by atoms with Gasteiger partial charge in [-0.3, -0.25) is 4.79 Å². The zero-order valence-corrected chi connectivity index (χ0v) is 14.0. The molecular weight excluding hydrogens is 252 g/mol. The number of carbonyl (C=O) groups excluding carboxylic acids is 1. The molecule has 20 heavy (non-hydrogen) atoms. The lowest BCUT2D eigenvalue weighted by molar-refractivity contribution is -0.266. The van der Waals surface area contributed by atoms with Crippen molar-refractivity contribution < 1.29 is 14.3 Å². The number of carbonyl (C=O) groups is 1. The first kappa shape index (κ1) is 17.5. The summed E-state index contributed by atoms with van der Waals surface area (Å²) < 4.78 is 11.6. The van der Waals surface area contributed by atoms with Gasteiger partial charge in [-0.15, -0.1) is 0 Å². The van der Waals surface area contributed by atoms with Crippen LogP contribution in [0.1, 0.15) is 79.6 Å². The molecular formula is C17H32O3. The topological polar surface area (TPSA) is 35.5 Å². The fourth-order valence-corrected chi connectivity index (χ4v) is 2.58. The molecule has 0 aromatic rings. The molecule has 0 radical (unpaired) electrons. The average molecular weight is 284 g/mol. The molecule has 1 rings (SSSR count). The van der Waals surface area contributed by atoms with Crippen molar-refractivity contribution in [2.45, 2.75) is 85.4 Å². The smallest absolute Gasteiger partial charge is 0.308 e. The van der Waals surface area contributed by atoms with Crippen LogP contribution in [-0.2, 0) is 14.3 Å². The third-order valence-electron chi connectivity index (χ3n) is 4.59. The number of rotatable bonds is 6. The zero-order chi connectivity index (χ0) is 15.2. The highest BCUT2D eigenvalue weighted by atomic mass is 16.7. The van der Waals surface area contributed by atoms with Crippen molar-refractivity contribution in [2.75, 3.05) is 6.61 Å². The highest BCUT2D eigenvalue weighted by Crippen LogP contribution is 2.36. The van der Waals surface area contributed by atoms with Crippen molar-refractivity contribution in [1.82, 2.24) is 0 Å². The van der Waals surface area contributed by atoms with Gasteiger partial charge in [-0.05, 0) is 12.3 Å². The molecule has 3 nitrogen and oxygen atoms in total. The van der Waals surface area contributed by atoms with Crippen molar-refractivity contribution in [3.05, 3.63) is 0 Å². The van der Waals surface area contributed by atoms with Crippen LogP contribution in [-0.4, -0.2) is 18.4 Å². The quantitative estimate of drug-likeness (QED) is 0.524. The number of hydrogen-bond donors (Lipinski definition) is 0. The fraction of sp³-hybridized carbons (Fsp3) is 0.941. The molecule has 0 aromatic heterocycles. The zero-order valence-electron chi connectivity index (χ0n) is 14.0. The second-order valence-electron chi connectivity index (χ2n) is 7.16. The van der Waals surface area contributed by atoms with Gasteiger partial charge in [0.05, 0.1) is 6.61 Å². The summed E-state index contributed by atoms with van der Waals surface area (Å²) in [6.45, 7) is 10.5. The van der Waals surface area contributed by atoms with Crippen LogP contribution in [0.3, 0.4) is 0 Å². The van der Waals surface area contributed by atoms with Crippen LogP contribution in [0, 0.1) is 11.3 Å². The van der Waals surface area contributed by atoms with Crippen molar-refractivity contribution in [1.29, 1.82) is 0 Å². The van der Waals surface area contributed by atoms with E-state index < -0.39 is 5.79 Å². The van der Waals surface area contributed by atoms with E-state index in [4.69, 9.17) is 9.47 Å². The normalized spacial score (nSPS) is 20.4. The number of ether oxygens (including phenoxy) is 2. The molecule has 0 aliphatic heterocycles. The molecule has 0 aromatic carbocycles. The second-order valence-corrected chi connectivity index (χ2v) is 7.16. The maximum Gasteiger partial charge on any atom is 0.308 e. The molecule has 0 saturated heterocycles. The Kier molecular flexibility index (Phi) is 6.50. The highest BCUT2D eigenvalue weighted by Gasteiger charge is 2.42. The van der Waals surface area contributed by atoms with E-state index in [1.165, 1.54) is 32.1 Å². The first-order valence-corrected chi connectivity index (χ1v) is 8.14. The summed E-state index contributed by atoms with van der Waals surface area (Å²) in [5, 5.41) is 0. The van der Waals surface area contributed by atoms with Gasteiger partial charge < -0.3 is 9.47 Å². The molecule has 3 heteroatoms. The van der Waals surface area contributed by atoms with Gasteiger partial charge in [0.2, 0.25) is 5.79 Å². The molecule has 118 valence electrons. The Morgan fingerprint density at radius 3 is 2.20 bits per heavy atom. The molecule has 1 aliphatic carbocycles. The third-order valence-corrected chi connectivity index (χ3v) is 4.59. The average Bonchev–Trinajstić information content (AvgIpc) is 2.38. The van der Waals surface area contributed by atoms with Crippen LogP contribution in [0.25, 0.3) is 0 Å². The van der Waals surface area contributed by atoms with Crippen LogP contribution in [0.5, 0.6) is 0 Å². The lowest BCUT2D eigenvalue weighted by atomic mass is 9.85. The number of hydrogen-bond acceptors (Lipinski definition) is 3. The van der Waals surface area contributed by atoms with Crippen LogP contribution in [0.2, 0.25) is 0 Å². The Balaban J connectivity index is 2.49. The molecule has 0 heterocycles. The van der Waals surface area contributed by atoms with Gasteiger partial charge in [-0.2, -0.15) is 0 Å². The van der Waals surface area contributed by atoms with E-state index in [1.54, 1.807) is 0 Å². The summed E-state index contributed by atoms with van der Waals surface area (Å²) in [6, 6.07) is 0. The third kappa shape index (κ3) is 5.08. The summed E-state index contributed by atoms with van der Waals surface area (Å²) in [4.78, 5) is 11.6. The van der Waals surface area contributed by atoms with Crippen LogP contribution < -0.4 is 0 Å². The van der Waals surface area contributed by atoms with E-state index in [0.717, 1.165) is 12.3 Å². The molecule has 1 saturated carbocycles. The van der Waals surface area contributed by atoms with E-state index in [2.05, 4.69) is 20.8 Å². The Morgan fingerprint density at radius 1 is 1.10 bits per heavy atom. The molecule has 0 amide bonds. The fourth-order valence-electron chi connectivity index (χ4n) is 2.58. The van der Waals surface area contributed by atoms with Crippen molar-refractivity contribution in [3.63, 3.8) is 0 Å². The van der Waals surface area contributed by atoms with Crippen LogP contribution in [0.4, 0.5) is 0 Å². The van der Waals surface area contributed by atoms with Gasteiger partial charge in [0.25, 0.3) is 0 Å². The van der Waals surface area contributed by atoms with Crippen molar-refractivity contribution >= 4 is 5.97 Å². The van der Waals surface area contributed by atoms with E-state index in [-0.39, 0.29) is 11.4 Å². The minimum Gasteiger partial charge on any atom is -0.433 e. The summed E-state index contributed by atoms with van der Waals surface area (Å²) >= 11 is 0. The molecule has 0 spiro atoms. The maximum atomic E-state index is 11.6. The Hall–Kier alpha value is -0.570. The van der Waals surface area contributed by atoms with Gasteiger partial charge in [0.1, 0.15) is 0 Å². The minimum absolute atomic E-state index is 0.194. The summed E-state index contributed by atoms with van der Waals surface area (Å²) in [5.74, 6) is -0.246. The van der Waals surface area contributed by atoms with Gasteiger partial charge in [0.15, 0.2) is 0 Å². The first-order valence-electron chi connectivity index (χ1n) is 8.14. The predicted molar refractivity (Wildman–Crippen MR) is 81.4 cm³/mol. The Morgan fingerprint density at radius 2 is 1.70 bits per heavy atom. The molecule has 1 aliphatic rings. The van der Waals surface area contributed by atoms with Gasteiger partial charge >= 0.3 is 5.97 Å². The second kappa shape index (κ2) is 7.44. The SMILES string of the molecule is CCC(=O)OC(C)(OCCC1CCCCC1)C(C)(C)C. The Labute approximate surface area is 124 Å². The van der Waals surface area contributed by atoms with E-state index in [0.29, 0.717) is 13.0 Å². The van der Waals surface area contributed by atoms with Crippen molar-refractivity contribution in [2.24, 2.45) is 11.3 Å². The molecule has 0 bridgehead atoms. The standard InChI is InChI=1S/C17H32O3/c1-6-15(18)20-17(5,16(2,3)4)19-13-12-14-10-8-7-9-11-14/h14H,6-13H2,1-5H3. The maximum absolute atomic E-state index is 11.6. The molecule has 1 atom stereocenters. The molecule has 1 fully saturated rings.